The Balaban J connectivity index is 2.99. The Morgan fingerprint density at radius 3 is 2.21 bits per heavy atom. The second kappa shape index (κ2) is 6.78. The summed E-state index contributed by atoms with van der Waals surface area (Å²) in [6.07, 6.45) is 1.71. The van der Waals surface area contributed by atoms with E-state index in [1.807, 2.05) is 18.2 Å². The van der Waals surface area contributed by atoms with Crippen molar-refractivity contribution in [2.24, 2.45) is 10.7 Å². The molecule has 0 aliphatic heterocycles. The molecule has 1 aromatic rings. The molecule has 0 atom stereocenters. The minimum absolute atomic E-state index is 0.185. The number of rotatable bonds is 3. The van der Waals surface area contributed by atoms with Gasteiger partial charge >= 0.3 is 6.03 Å². The summed E-state index contributed by atoms with van der Waals surface area (Å²) in [4.78, 5) is 17.2. The minimum atomic E-state index is -0.443. The number of aliphatic imine (C=N–C) groups is 1. The van der Waals surface area contributed by atoms with Crippen molar-refractivity contribution in [1.29, 1.82) is 0 Å². The Labute approximate surface area is 114 Å². The minimum Gasteiger partial charge on any atom is -0.369 e. The molecule has 0 aliphatic carbocycles. The number of nitrogens with two attached hydrogens (primary N) is 1. The maximum atomic E-state index is 11.9. The number of aryl methyl sites for hydroxylation is 2. The lowest BCUT2D eigenvalue weighted by Crippen LogP contribution is -2.32. The van der Waals surface area contributed by atoms with Crippen molar-refractivity contribution in [3.8, 4) is 0 Å². The number of hydrogen-bond donors (Lipinski definition) is 2. The highest BCUT2D eigenvalue weighted by Crippen LogP contribution is 2.22. The summed E-state index contributed by atoms with van der Waals surface area (Å²) in [6, 6.07) is 5.58. The van der Waals surface area contributed by atoms with Crippen molar-refractivity contribution >= 4 is 17.7 Å². The first kappa shape index (κ1) is 15.0. The van der Waals surface area contributed by atoms with Crippen LogP contribution in [0.1, 0.15) is 25.0 Å². The first-order chi connectivity index (χ1) is 8.99. The van der Waals surface area contributed by atoms with Gasteiger partial charge in [0, 0.05) is 19.8 Å². The van der Waals surface area contributed by atoms with Gasteiger partial charge in [0.1, 0.15) is 0 Å². The Morgan fingerprint density at radius 1 is 1.26 bits per heavy atom. The largest absolute Gasteiger partial charge is 0.369 e. The summed E-state index contributed by atoms with van der Waals surface area (Å²) in [7, 11) is 3.48. The zero-order chi connectivity index (χ0) is 14.4. The van der Waals surface area contributed by atoms with E-state index >= 15 is 0 Å². The van der Waals surface area contributed by atoms with Gasteiger partial charge in [0.2, 0.25) is 0 Å². The number of carbonyl (C=O) groups is 1. The van der Waals surface area contributed by atoms with Gasteiger partial charge in [0.15, 0.2) is 5.96 Å². The molecule has 104 valence electrons. The molecule has 0 unspecified atom stereocenters. The van der Waals surface area contributed by atoms with Gasteiger partial charge in [-0.2, -0.15) is 4.99 Å². The molecule has 0 aliphatic rings. The number of amides is 2. The molecular weight excluding hydrogens is 240 g/mol. The number of urea groups is 1. The van der Waals surface area contributed by atoms with Crippen LogP contribution in [0.5, 0.6) is 0 Å². The molecule has 0 fully saturated rings. The fourth-order valence-corrected chi connectivity index (χ4v) is 1.74. The molecule has 2 amide bonds. The van der Waals surface area contributed by atoms with E-state index in [9.17, 15) is 4.79 Å². The van der Waals surface area contributed by atoms with Crippen LogP contribution in [0.15, 0.2) is 23.2 Å². The molecular formula is C14H22N4O. The zero-order valence-corrected chi connectivity index (χ0v) is 12.0. The summed E-state index contributed by atoms with van der Waals surface area (Å²) in [6.45, 7) is 4.11. The molecule has 5 nitrogen and oxygen atoms in total. The van der Waals surface area contributed by atoms with Crippen LogP contribution in [0, 0.1) is 0 Å². The molecule has 1 rings (SSSR count). The van der Waals surface area contributed by atoms with Gasteiger partial charge in [0.05, 0.1) is 0 Å². The molecule has 19 heavy (non-hydrogen) atoms. The molecule has 5 heteroatoms. The number of para-hydroxylation sites is 1. The Hall–Kier alpha value is -2.04. The number of nitrogens with one attached hydrogen (secondary N) is 1. The van der Waals surface area contributed by atoms with Gasteiger partial charge in [-0.25, -0.2) is 4.79 Å². The maximum Gasteiger partial charge on any atom is 0.348 e. The van der Waals surface area contributed by atoms with E-state index in [0.29, 0.717) is 0 Å². The van der Waals surface area contributed by atoms with Crippen molar-refractivity contribution < 1.29 is 4.79 Å². The summed E-state index contributed by atoms with van der Waals surface area (Å²) in [5.41, 5.74) is 8.69. The van der Waals surface area contributed by atoms with E-state index in [1.165, 1.54) is 0 Å². The van der Waals surface area contributed by atoms with Gasteiger partial charge < -0.3 is 16.0 Å². The lowest BCUT2D eigenvalue weighted by molar-refractivity contribution is 0.259. The van der Waals surface area contributed by atoms with Gasteiger partial charge in [-0.3, -0.25) is 0 Å². The van der Waals surface area contributed by atoms with Crippen molar-refractivity contribution in [1.82, 2.24) is 4.90 Å². The number of hydrogen-bond acceptors (Lipinski definition) is 1. The average molecular weight is 262 g/mol. The van der Waals surface area contributed by atoms with Crippen LogP contribution in [0.2, 0.25) is 0 Å². The molecule has 3 N–H and O–H groups in total. The SMILES string of the molecule is CCc1cccc(CC)c1NC(=O)N=C(N)N(C)C. The third-order valence-electron chi connectivity index (χ3n) is 2.91. The van der Waals surface area contributed by atoms with Crippen LogP contribution in [0.3, 0.4) is 0 Å². The smallest absolute Gasteiger partial charge is 0.348 e. The van der Waals surface area contributed by atoms with E-state index in [2.05, 4.69) is 24.2 Å². The number of carbonyl (C=O) groups excluding carboxylic acids is 1. The van der Waals surface area contributed by atoms with Gasteiger partial charge in [-0.15, -0.1) is 0 Å². The predicted octanol–water partition coefficient (Wildman–Crippen LogP) is 2.22. The third-order valence-corrected chi connectivity index (χ3v) is 2.91. The summed E-state index contributed by atoms with van der Waals surface area (Å²) in [5.74, 6) is 0.185. The Kier molecular flexibility index (Phi) is 5.36. The lowest BCUT2D eigenvalue weighted by atomic mass is 10.0. The Bertz CT molecular complexity index is 458. The van der Waals surface area contributed by atoms with E-state index in [0.717, 1.165) is 29.7 Å². The topological polar surface area (TPSA) is 70.7 Å². The molecule has 0 heterocycles. The van der Waals surface area contributed by atoms with Crippen LogP contribution in [-0.4, -0.2) is 31.0 Å². The van der Waals surface area contributed by atoms with Crippen LogP contribution in [0.4, 0.5) is 10.5 Å². The summed E-state index contributed by atoms with van der Waals surface area (Å²) >= 11 is 0. The maximum absolute atomic E-state index is 11.9. The van der Waals surface area contributed by atoms with Gasteiger partial charge in [-0.05, 0) is 24.0 Å². The predicted molar refractivity (Wildman–Crippen MR) is 79.5 cm³/mol. The quantitative estimate of drug-likeness (QED) is 0.648. The second-order valence-electron chi connectivity index (χ2n) is 4.45. The highest BCUT2D eigenvalue weighted by Gasteiger charge is 2.10. The second-order valence-corrected chi connectivity index (χ2v) is 4.45. The first-order valence-corrected chi connectivity index (χ1v) is 6.42. The monoisotopic (exact) mass is 262 g/mol. The van der Waals surface area contributed by atoms with Crippen LogP contribution in [-0.2, 0) is 12.8 Å². The van der Waals surface area contributed by atoms with Crippen LogP contribution < -0.4 is 11.1 Å². The number of benzene rings is 1. The number of nitrogens with zero attached hydrogens (tertiary/aromatic N) is 2. The van der Waals surface area contributed by atoms with Crippen LogP contribution in [0.25, 0.3) is 0 Å². The van der Waals surface area contributed by atoms with Crippen molar-refractivity contribution in [2.45, 2.75) is 26.7 Å². The normalized spacial score (nSPS) is 11.3. The van der Waals surface area contributed by atoms with Gasteiger partial charge in [-0.1, -0.05) is 32.0 Å². The van der Waals surface area contributed by atoms with Crippen LogP contribution >= 0.6 is 0 Å². The Morgan fingerprint density at radius 2 is 1.79 bits per heavy atom. The summed E-state index contributed by atoms with van der Waals surface area (Å²) in [5, 5.41) is 2.83. The molecule has 0 saturated heterocycles. The fraction of sp³-hybridized carbons (Fsp3) is 0.429. The zero-order valence-electron chi connectivity index (χ0n) is 12.0. The first-order valence-electron chi connectivity index (χ1n) is 6.42. The molecule has 0 spiro atoms. The molecule has 0 aromatic heterocycles. The average Bonchev–Trinajstić information content (AvgIpc) is 2.38. The number of anilines is 1. The molecule has 0 saturated carbocycles. The van der Waals surface area contributed by atoms with E-state index in [1.54, 1.807) is 19.0 Å². The van der Waals surface area contributed by atoms with E-state index in [-0.39, 0.29) is 5.96 Å². The molecule has 0 bridgehead atoms. The van der Waals surface area contributed by atoms with Crippen molar-refractivity contribution in [3.05, 3.63) is 29.3 Å². The highest BCUT2D eigenvalue weighted by molar-refractivity contribution is 5.99. The van der Waals surface area contributed by atoms with E-state index < -0.39 is 6.03 Å². The van der Waals surface area contributed by atoms with E-state index in [4.69, 9.17) is 5.73 Å². The lowest BCUT2D eigenvalue weighted by Gasteiger charge is -2.14. The molecule has 0 radical (unpaired) electrons. The number of guanidine groups is 1. The van der Waals surface area contributed by atoms with Gasteiger partial charge in [0.25, 0.3) is 0 Å². The summed E-state index contributed by atoms with van der Waals surface area (Å²) < 4.78 is 0. The van der Waals surface area contributed by atoms with Crippen molar-refractivity contribution in [2.75, 3.05) is 19.4 Å². The fourth-order valence-electron chi connectivity index (χ4n) is 1.74. The standard InChI is InChI=1S/C14H22N4O/c1-5-10-8-7-9-11(6-2)12(10)16-14(19)17-13(15)18(3)4/h7-9H,5-6H2,1-4H3,(H3,15,16,17,19). The molecule has 1 aromatic carbocycles. The third kappa shape index (κ3) is 3.98. The van der Waals surface area contributed by atoms with Crippen molar-refractivity contribution in [3.63, 3.8) is 0 Å². The highest BCUT2D eigenvalue weighted by atomic mass is 16.2.